The number of hydrogen-bond acceptors (Lipinski definition) is 9. The van der Waals surface area contributed by atoms with Gasteiger partial charge < -0.3 is 40.9 Å². The van der Waals surface area contributed by atoms with Crippen molar-refractivity contribution < 1.29 is 60.0 Å². The normalized spacial score (nSPS) is 11.2. The van der Waals surface area contributed by atoms with Crippen LogP contribution in [-0.4, -0.2) is 102 Å². The molecular weight excluding hydrogens is 350 g/mol. The van der Waals surface area contributed by atoms with Gasteiger partial charge in [-0.25, -0.2) is 4.79 Å². The first-order valence-corrected chi connectivity index (χ1v) is 6.57. The Morgan fingerprint density at radius 2 is 1.08 bits per heavy atom. The number of nitrogens with one attached hydrogen (secondary N) is 1. The summed E-state index contributed by atoms with van der Waals surface area (Å²) in [6.45, 7) is -1.98. The lowest BCUT2D eigenvalue weighted by atomic mass is 9.96. The summed E-state index contributed by atoms with van der Waals surface area (Å²) in [6.07, 6.45) is -2.29. The van der Waals surface area contributed by atoms with Crippen molar-refractivity contribution in [3.8, 4) is 0 Å². The van der Waals surface area contributed by atoms with Gasteiger partial charge in [0, 0.05) is 0 Å². The third-order valence-corrected chi connectivity index (χ3v) is 2.81. The molecule has 25 heavy (non-hydrogen) atoms. The number of hydrogen-bond donors (Lipinski definition) is 9. The number of aliphatic hydroxyl groups excluding tert-OH is 3. The Bertz CT molecular complexity index is 448. The Balaban J connectivity index is 0. The minimum absolute atomic E-state index is 0.415. The molecule has 0 fully saturated rings. The van der Waals surface area contributed by atoms with Crippen molar-refractivity contribution in [3.63, 3.8) is 0 Å². The molecule has 0 saturated carbocycles. The average Bonchev–Trinajstić information content (AvgIpc) is 2.48. The molecule has 0 aliphatic heterocycles. The molecule has 0 atom stereocenters. The van der Waals surface area contributed by atoms with E-state index in [1.54, 1.807) is 0 Å². The third kappa shape index (κ3) is 10.2. The number of carboxylic acids is 4. The van der Waals surface area contributed by atoms with Gasteiger partial charge >= 0.3 is 23.9 Å². The average molecular weight is 371 g/mol. The van der Waals surface area contributed by atoms with Crippen LogP contribution in [0.2, 0.25) is 0 Å². The minimum Gasteiger partial charge on any atom is -0.481 e. The fourth-order valence-corrected chi connectivity index (χ4v) is 1.29. The van der Waals surface area contributed by atoms with Crippen LogP contribution in [0.25, 0.3) is 0 Å². The summed E-state index contributed by atoms with van der Waals surface area (Å²) in [5.41, 5.74) is -4.05. The fraction of sp³-hybridized carbons (Fsp3) is 0.667. The van der Waals surface area contributed by atoms with E-state index in [4.69, 9.17) is 40.9 Å². The first kappa shape index (κ1) is 24.9. The van der Waals surface area contributed by atoms with Crippen LogP contribution in [0.15, 0.2) is 0 Å². The third-order valence-electron chi connectivity index (χ3n) is 2.81. The Morgan fingerprint density at radius 1 is 0.720 bits per heavy atom. The zero-order valence-corrected chi connectivity index (χ0v) is 13.0. The Morgan fingerprint density at radius 3 is 1.28 bits per heavy atom. The van der Waals surface area contributed by atoms with Gasteiger partial charge in [-0.05, 0) is 0 Å². The Hall–Kier alpha value is -2.32. The number of carbonyl (C=O) groups is 4. The van der Waals surface area contributed by atoms with Gasteiger partial charge in [-0.1, -0.05) is 0 Å². The fourth-order valence-electron chi connectivity index (χ4n) is 1.29. The monoisotopic (exact) mass is 371 g/mol. The molecule has 13 heteroatoms. The van der Waals surface area contributed by atoms with E-state index in [1.807, 2.05) is 0 Å². The molecule has 0 aliphatic carbocycles. The highest BCUT2D eigenvalue weighted by atomic mass is 16.4. The summed E-state index contributed by atoms with van der Waals surface area (Å²) in [6, 6.07) is 0. The van der Waals surface area contributed by atoms with Crippen molar-refractivity contribution >= 4 is 23.9 Å². The second-order valence-electron chi connectivity index (χ2n) is 4.98. The molecule has 13 nitrogen and oxygen atoms in total. The van der Waals surface area contributed by atoms with Crippen LogP contribution in [0.1, 0.15) is 12.8 Å². The molecule has 146 valence electrons. The molecule has 0 aromatic carbocycles. The zero-order chi connectivity index (χ0) is 20.3. The molecule has 9 N–H and O–H groups in total. The number of carboxylic acid groups (broad SMARTS) is 4. The molecular formula is C12H21NO12. The summed E-state index contributed by atoms with van der Waals surface area (Å²) in [5.74, 6) is -6.13. The van der Waals surface area contributed by atoms with Crippen molar-refractivity contribution in [2.45, 2.75) is 24.0 Å². The van der Waals surface area contributed by atoms with Gasteiger partial charge in [0.1, 0.15) is 0 Å². The lowest BCUT2D eigenvalue weighted by Gasteiger charge is -2.27. The molecule has 0 aromatic heterocycles. The predicted octanol–water partition coefficient (Wildman–Crippen LogP) is -3.87. The van der Waals surface area contributed by atoms with Crippen LogP contribution in [0.3, 0.4) is 0 Å². The Labute approximate surface area is 140 Å². The Kier molecular flexibility index (Phi) is 11.2. The molecule has 0 unspecified atom stereocenters. The van der Waals surface area contributed by atoms with Crippen LogP contribution < -0.4 is 5.32 Å². The summed E-state index contributed by atoms with van der Waals surface area (Å²) < 4.78 is 0. The van der Waals surface area contributed by atoms with Gasteiger partial charge in [0.25, 0.3) is 0 Å². The maximum atomic E-state index is 10.3. The number of aliphatic hydroxyl groups is 4. The molecule has 0 spiro atoms. The van der Waals surface area contributed by atoms with Crippen LogP contribution >= 0.6 is 0 Å². The first-order chi connectivity index (χ1) is 11.4. The zero-order valence-electron chi connectivity index (χ0n) is 13.0. The molecule has 0 saturated heterocycles. The second kappa shape index (κ2) is 11.3. The van der Waals surface area contributed by atoms with Crippen LogP contribution in [0.5, 0.6) is 0 Å². The van der Waals surface area contributed by atoms with Crippen molar-refractivity contribution in [3.05, 3.63) is 0 Å². The predicted molar refractivity (Wildman–Crippen MR) is 76.7 cm³/mol. The summed E-state index contributed by atoms with van der Waals surface area (Å²) in [4.78, 5) is 40.6. The van der Waals surface area contributed by atoms with E-state index >= 15 is 0 Å². The summed E-state index contributed by atoms with van der Waals surface area (Å²) in [5, 5.41) is 70.5. The van der Waals surface area contributed by atoms with E-state index < -0.39 is 74.2 Å². The van der Waals surface area contributed by atoms with E-state index in [1.165, 1.54) is 0 Å². The minimum atomic E-state index is -2.74. The standard InChI is InChI=1S/C6H13NO5.C6H8O7/c8-2-6(3-9,4-10)7-1-5(11)12;7-3(8)1-6(13,5(11)12)2-4(9)10/h7-10H,1-4H2,(H,11,12);13H,1-2H2,(H,7,8)(H,9,10)(H,11,12). The number of aliphatic carboxylic acids is 4. The summed E-state index contributed by atoms with van der Waals surface area (Å²) in [7, 11) is 0. The molecule has 0 radical (unpaired) electrons. The smallest absolute Gasteiger partial charge is 0.336 e. The molecule has 0 rings (SSSR count). The first-order valence-electron chi connectivity index (χ1n) is 6.57. The second-order valence-corrected chi connectivity index (χ2v) is 4.98. The SMILES string of the molecule is O=C(O)CC(O)(CC(=O)O)C(=O)O.O=C(O)CNC(CO)(CO)CO. The maximum Gasteiger partial charge on any atom is 0.336 e. The molecule has 0 bridgehead atoms. The highest BCUT2D eigenvalue weighted by Gasteiger charge is 2.40. The number of rotatable bonds is 11. The molecule has 0 amide bonds. The van der Waals surface area contributed by atoms with Gasteiger partial charge in [0.2, 0.25) is 0 Å². The van der Waals surface area contributed by atoms with E-state index in [9.17, 15) is 19.2 Å². The molecule has 0 aromatic rings. The van der Waals surface area contributed by atoms with Gasteiger partial charge in [-0.3, -0.25) is 19.7 Å². The highest BCUT2D eigenvalue weighted by molar-refractivity contribution is 5.88. The largest absolute Gasteiger partial charge is 0.481 e. The molecule has 0 heterocycles. The van der Waals surface area contributed by atoms with E-state index in [0.717, 1.165) is 0 Å². The van der Waals surface area contributed by atoms with Gasteiger partial charge in [-0.15, -0.1) is 0 Å². The van der Waals surface area contributed by atoms with Crippen molar-refractivity contribution in [1.29, 1.82) is 0 Å². The van der Waals surface area contributed by atoms with Crippen molar-refractivity contribution in [2.75, 3.05) is 26.4 Å². The molecule has 0 aliphatic rings. The van der Waals surface area contributed by atoms with Crippen LogP contribution in [0.4, 0.5) is 0 Å². The van der Waals surface area contributed by atoms with Crippen LogP contribution in [0, 0.1) is 0 Å². The lowest BCUT2D eigenvalue weighted by Crippen LogP contribution is -2.56. The maximum absolute atomic E-state index is 10.3. The lowest BCUT2D eigenvalue weighted by molar-refractivity contribution is -0.170. The van der Waals surface area contributed by atoms with Crippen LogP contribution in [-0.2, 0) is 19.2 Å². The van der Waals surface area contributed by atoms with E-state index in [0.29, 0.717) is 0 Å². The van der Waals surface area contributed by atoms with Gasteiger partial charge in [0.15, 0.2) is 5.60 Å². The van der Waals surface area contributed by atoms with Crippen molar-refractivity contribution in [2.24, 2.45) is 0 Å². The van der Waals surface area contributed by atoms with Gasteiger partial charge in [-0.2, -0.15) is 0 Å². The highest BCUT2D eigenvalue weighted by Crippen LogP contribution is 2.15. The quantitative estimate of drug-likeness (QED) is 0.169. The van der Waals surface area contributed by atoms with Gasteiger partial charge in [0.05, 0.1) is 44.7 Å². The van der Waals surface area contributed by atoms with Crippen molar-refractivity contribution in [1.82, 2.24) is 5.32 Å². The van der Waals surface area contributed by atoms with E-state index in [-0.39, 0.29) is 0 Å². The summed E-state index contributed by atoms with van der Waals surface area (Å²) >= 11 is 0. The van der Waals surface area contributed by atoms with E-state index in [2.05, 4.69) is 5.32 Å². The topological polar surface area (TPSA) is 242 Å².